The Morgan fingerprint density at radius 1 is 0.833 bits per heavy atom. The summed E-state index contributed by atoms with van der Waals surface area (Å²) in [7, 11) is 0. The van der Waals surface area contributed by atoms with Gasteiger partial charge >= 0.3 is 0 Å². The largest absolute Gasteiger partial charge is 0.126 e. The number of rotatable bonds is 4. The van der Waals surface area contributed by atoms with Crippen molar-refractivity contribution in [2.24, 2.45) is 0 Å². The zero-order chi connectivity index (χ0) is 8.81. The highest BCUT2D eigenvalue weighted by molar-refractivity contribution is 6.18. The van der Waals surface area contributed by atoms with E-state index in [9.17, 15) is 0 Å². The highest BCUT2D eigenvalue weighted by atomic mass is 35.5. The van der Waals surface area contributed by atoms with E-state index in [-0.39, 0.29) is 0 Å². The van der Waals surface area contributed by atoms with E-state index in [1.807, 2.05) is 12.1 Å². The van der Waals surface area contributed by atoms with Gasteiger partial charge < -0.3 is 0 Å². The molecule has 0 aromatic heterocycles. The van der Waals surface area contributed by atoms with E-state index in [1.165, 1.54) is 11.1 Å². The normalized spacial score (nSPS) is 10.2. The molecule has 0 aliphatic rings. The molecule has 1 aromatic carbocycles. The van der Waals surface area contributed by atoms with Crippen LogP contribution in [0.5, 0.6) is 0 Å². The van der Waals surface area contributed by atoms with Crippen LogP contribution < -0.4 is 0 Å². The number of alkyl halides is 2. The summed E-state index contributed by atoms with van der Waals surface area (Å²) in [5.74, 6) is 1.36. The topological polar surface area (TPSA) is 0 Å². The monoisotopic (exact) mass is 202 g/mol. The molecule has 0 amide bonds. The molecule has 0 saturated carbocycles. The molecule has 0 aliphatic heterocycles. The molecule has 1 aromatic rings. The van der Waals surface area contributed by atoms with Crippen LogP contribution in [0.15, 0.2) is 24.3 Å². The Hall–Kier alpha value is -0.200. The Balaban J connectivity index is 2.77. The number of aryl methyl sites for hydroxylation is 2. The Bertz CT molecular complexity index is 208. The van der Waals surface area contributed by atoms with Crippen LogP contribution in [0.2, 0.25) is 0 Å². The highest BCUT2D eigenvalue weighted by Gasteiger charge is 1.99. The second-order valence-corrected chi connectivity index (χ2v) is 3.40. The molecule has 12 heavy (non-hydrogen) atoms. The van der Waals surface area contributed by atoms with E-state index < -0.39 is 0 Å². The summed E-state index contributed by atoms with van der Waals surface area (Å²) in [5, 5.41) is 0. The molecular formula is C10H12Cl2. The van der Waals surface area contributed by atoms with E-state index in [0.717, 1.165) is 12.8 Å². The van der Waals surface area contributed by atoms with Crippen molar-refractivity contribution in [3.8, 4) is 0 Å². The fraction of sp³-hybridized carbons (Fsp3) is 0.400. The molecule has 0 nitrogen and oxygen atoms in total. The minimum atomic E-state index is 0.680. The van der Waals surface area contributed by atoms with Crippen molar-refractivity contribution in [2.75, 3.05) is 11.8 Å². The van der Waals surface area contributed by atoms with E-state index in [2.05, 4.69) is 12.1 Å². The smallest absolute Gasteiger partial charge is 0.0264 e. The Morgan fingerprint density at radius 3 is 1.58 bits per heavy atom. The van der Waals surface area contributed by atoms with Crippen LogP contribution in [0.1, 0.15) is 11.1 Å². The lowest BCUT2D eigenvalue weighted by Crippen LogP contribution is -1.95. The van der Waals surface area contributed by atoms with Gasteiger partial charge in [-0.25, -0.2) is 0 Å². The first-order valence-corrected chi connectivity index (χ1v) is 5.14. The molecule has 0 unspecified atom stereocenters. The molecule has 0 aliphatic carbocycles. The van der Waals surface area contributed by atoms with Crippen molar-refractivity contribution in [2.45, 2.75) is 12.8 Å². The maximum Gasteiger partial charge on any atom is 0.0264 e. The average Bonchev–Trinajstić information content (AvgIpc) is 2.09. The van der Waals surface area contributed by atoms with Crippen LogP contribution in [-0.4, -0.2) is 11.8 Å². The third kappa shape index (κ3) is 2.69. The van der Waals surface area contributed by atoms with E-state index in [4.69, 9.17) is 23.2 Å². The minimum Gasteiger partial charge on any atom is -0.126 e. The Labute approximate surface area is 83.5 Å². The summed E-state index contributed by atoms with van der Waals surface area (Å²) in [6.45, 7) is 0. The van der Waals surface area contributed by atoms with Crippen molar-refractivity contribution in [3.05, 3.63) is 35.4 Å². The summed E-state index contributed by atoms with van der Waals surface area (Å²) in [5.41, 5.74) is 2.65. The summed E-state index contributed by atoms with van der Waals surface area (Å²) >= 11 is 11.4. The quantitative estimate of drug-likeness (QED) is 0.659. The van der Waals surface area contributed by atoms with Gasteiger partial charge in [-0.05, 0) is 24.0 Å². The lowest BCUT2D eigenvalue weighted by atomic mass is 10.0. The van der Waals surface area contributed by atoms with Crippen molar-refractivity contribution < 1.29 is 0 Å². The third-order valence-corrected chi connectivity index (χ3v) is 2.22. The predicted molar refractivity (Wildman–Crippen MR) is 55.3 cm³/mol. The van der Waals surface area contributed by atoms with Gasteiger partial charge in [0, 0.05) is 11.8 Å². The fourth-order valence-corrected chi connectivity index (χ4v) is 1.66. The molecular weight excluding hydrogens is 191 g/mol. The summed E-state index contributed by atoms with van der Waals surface area (Å²) < 4.78 is 0. The third-order valence-electron chi connectivity index (χ3n) is 1.85. The van der Waals surface area contributed by atoms with Gasteiger partial charge in [0.05, 0.1) is 0 Å². The molecule has 0 atom stereocenters. The molecule has 0 N–H and O–H groups in total. The second-order valence-electron chi connectivity index (χ2n) is 2.65. The van der Waals surface area contributed by atoms with Crippen molar-refractivity contribution >= 4 is 23.2 Å². The molecule has 0 bridgehead atoms. The number of benzene rings is 1. The second kappa shape index (κ2) is 5.45. The SMILES string of the molecule is ClCCc1ccccc1CCCl. The zero-order valence-electron chi connectivity index (χ0n) is 6.89. The molecule has 0 radical (unpaired) electrons. The van der Waals surface area contributed by atoms with Crippen molar-refractivity contribution in [1.82, 2.24) is 0 Å². The van der Waals surface area contributed by atoms with Gasteiger partial charge in [0.15, 0.2) is 0 Å². The maximum absolute atomic E-state index is 5.68. The van der Waals surface area contributed by atoms with Gasteiger partial charge in [-0.15, -0.1) is 23.2 Å². The first kappa shape index (κ1) is 9.88. The first-order chi connectivity index (χ1) is 5.88. The summed E-state index contributed by atoms with van der Waals surface area (Å²) in [6.07, 6.45) is 1.88. The van der Waals surface area contributed by atoms with Gasteiger partial charge in [0.25, 0.3) is 0 Å². The van der Waals surface area contributed by atoms with Gasteiger partial charge in [-0.3, -0.25) is 0 Å². The van der Waals surface area contributed by atoms with Gasteiger partial charge in [-0.2, -0.15) is 0 Å². The maximum atomic E-state index is 5.68. The lowest BCUT2D eigenvalue weighted by molar-refractivity contribution is 1.05. The molecule has 1 rings (SSSR count). The Kier molecular flexibility index (Phi) is 4.49. The molecule has 0 heterocycles. The molecule has 0 fully saturated rings. The fourth-order valence-electron chi connectivity index (χ4n) is 1.25. The summed E-state index contributed by atoms with van der Waals surface area (Å²) in [4.78, 5) is 0. The zero-order valence-corrected chi connectivity index (χ0v) is 8.41. The van der Waals surface area contributed by atoms with Crippen LogP contribution in [0.4, 0.5) is 0 Å². The predicted octanol–water partition coefficient (Wildman–Crippen LogP) is 3.25. The number of halogens is 2. The van der Waals surface area contributed by atoms with Gasteiger partial charge in [0.2, 0.25) is 0 Å². The highest BCUT2D eigenvalue weighted by Crippen LogP contribution is 2.11. The van der Waals surface area contributed by atoms with Crippen LogP contribution in [-0.2, 0) is 12.8 Å². The van der Waals surface area contributed by atoms with Crippen LogP contribution in [0, 0.1) is 0 Å². The number of hydrogen-bond acceptors (Lipinski definition) is 0. The van der Waals surface area contributed by atoms with E-state index >= 15 is 0 Å². The van der Waals surface area contributed by atoms with Crippen LogP contribution >= 0.6 is 23.2 Å². The van der Waals surface area contributed by atoms with Crippen LogP contribution in [0.25, 0.3) is 0 Å². The van der Waals surface area contributed by atoms with Gasteiger partial charge in [0.1, 0.15) is 0 Å². The molecule has 0 spiro atoms. The standard InChI is InChI=1S/C10H12Cl2/c11-7-5-9-3-1-2-4-10(9)6-8-12/h1-4H,5-8H2. The molecule has 2 heteroatoms. The molecule has 0 saturated heterocycles. The van der Waals surface area contributed by atoms with E-state index in [0.29, 0.717) is 11.8 Å². The van der Waals surface area contributed by atoms with Crippen molar-refractivity contribution in [3.63, 3.8) is 0 Å². The average molecular weight is 203 g/mol. The van der Waals surface area contributed by atoms with Crippen LogP contribution in [0.3, 0.4) is 0 Å². The summed E-state index contributed by atoms with van der Waals surface area (Å²) in [6, 6.07) is 8.31. The minimum absolute atomic E-state index is 0.680. The van der Waals surface area contributed by atoms with Gasteiger partial charge in [-0.1, -0.05) is 24.3 Å². The Morgan fingerprint density at radius 2 is 1.25 bits per heavy atom. The van der Waals surface area contributed by atoms with Crippen molar-refractivity contribution in [1.29, 1.82) is 0 Å². The van der Waals surface area contributed by atoms with E-state index in [1.54, 1.807) is 0 Å². The lowest BCUT2D eigenvalue weighted by Gasteiger charge is -2.05. The molecule has 66 valence electrons. The number of hydrogen-bond donors (Lipinski definition) is 0. The first-order valence-electron chi connectivity index (χ1n) is 4.07.